The van der Waals surface area contributed by atoms with Gasteiger partial charge in [0.05, 0.1) is 12.1 Å². The van der Waals surface area contributed by atoms with Crippen LogP contribution in [0, 0.1) is 0 Å². The molecule has 1 aromatic heterocycles. The summed E-state index contributed by atoms with van der Waals surface area (Å²) in [5, 5.41) is 6.61. The first-order valence-electron chi connectivity index (χ1n) is 8.52. The zero-order valence-corrected chi connectivity index (χ0v) is 14.9. The Balaban J connectivity index is 1.57. The zero-order valence-electron chi connectivity index (χ0n) is 14.9. The van der Waals surface area contributed by atoms with Gasteiger partial charge in [-0.3, -0.25) is 0 Å². The average Bonchev–Trinajstić information content (AvgIpc) is 3.06. The molecule has 0 aliphatic heterocycles. The highest BCUT2D eigenvalue weighted by atomic mass is 19.3. The van der Waals surface area contributed by atoms with E-state index in [1.807, 2.05) is 37.3 Å². The second-order valence-electron chi connectivity index (χ2n) is 6.20. The van der Waals surface area contributed by atoms with Crippen molar-refractivity contribution in [2.75, 3.05) is 0 Å². The van der Waals surface area contributed by atoms with Gasteiger partial charge in [-0.25, -0.2) is 4.79 Å². The van der Waals surface area contributed by atoms with Gasteiger partial charge >= 0.3 is 12.6 Å². The number of benzene rings is 2. The van der Waals surface area contributed by atoms with E-state index in [2.05, 4.69) is 15.4 Å². The average molecular weight is 374 g/mol. The summed E-state index contributed by atoms with van der Waals surface area (Å²) in [5.74, 6) is 0.733. The number of carbonyl (C=O) groups excluding carboxylic acids is 1. The minimum absolute atomic E-state index is 0.0731. The van der Waals surface area contributed by atoms with Crippen molar-refractivity contribution in [3.63, 3.8) is 0 Å². The lowest BCUT2D eigenvalue weighted by Crippen LogP contribution is -2.38. The number of ether oxygens (including phenoxy) is 1. The maximum Gasteiger partial charge on any atom is 0.387 e. The van der Waals surface area contributed by atoms with Crippen LogP contribution in [0.4, 0.5) is 13.6 Å². The van der Waals surface area contributed by atoms with E-state index in [1.54, 1.807) is 19.1 Å². The van der Waals surface area contributed by atoms with Crippen LogP contribution in [0.2, 0.25) is 0 Å². The molecule has 0 bridgehead atoms. The van der Waals surface area contributed by atoms with E-state index in [4.69, 9.17) is 4.42 Å². The highest BCUT2D eigenvalue weighted by Crippen LogP contribution is 2.24. The molecule has 27 heavy (non-hydrogen) atoms. The first kappa shape index (κ1) is 18.7. The van der Waals surface area contributed by atoms with Crippen LogP contribution in [0.5, 0.6) is 5.75 Å². The number of urea groups is 1. The van der Waals surface area contributed by atoms with Gasteiger partial charge < -0.3 is 19.8 Å². The lowest BCUT2D eigenvalue weighted by Gasteiger charge is -2.18. The predicted molar refractivity (Wildman–Crippen MR) is 97.8 cm³/mol. The SMILES string of the molecule is CC(NC(=O)NC(C)c1cc2ccccc2o1)c1ccc(OC(F)F)cc1. The molecular formula is C20H20F2N2O3. The van der Waals surface area contributed by atoms with Crippen molar-refractivity contribution in [1.82, 2.24) is 10.6 Å². The fraction of sp³-hybridized carbons (Fsp3) is 0.250. The zero-order chi connectivity index (χ0) is 19.4. The minimum Gasteiger partial charge on any atom is -0.459 e. The quantitative estimate of drug-likeness (QED) is 0.627. The van der Waals surface area contributed by atoms with E-state index in [-0.39, 0.29) is 23.9 Å². The number of furan rings is 1. The molecule has 2 aromatic carbocycles. The van der Waals surface area contributed by atoms with Gasteiger partial charge in [-0.05, 0) is 43.7 Å². The number of carbonyl (C=O) groups is 1. The van der Waals surface area contributed by atoms with Crippen LogP contribution in [0.3, 0.4) is 0 Å². The monoisotopic (exact) mass is 374 g/mol. The molecule has 2 unspecified atom stereocenters. The van der Waals surface area contributed by atoms with Crippen LogP contribution in [0.1, 0.15) is 37.3 Å². The third-order valence-electron chi connectivity index (χ3n) is 4.17. The molecule has 1 heterocycles. The minimum atomic E-state index is -2.86. The maximum absolute atomic E-state index is 12.3. The Hall–Kier alpha value is -3.09. The normalized spacial score (nSPS) is 13.4. The smallest absolute Gasteiger partial charge is 0.387 e. The highest BCUT2D eigenvalue weighted by Gasteiger charge is 2.16. The Morgan fingerprint density at radius 2 is 1.67 bits per heavy atom. The molecule has 2 N–H and O–H groups in total. The highest BCUT2D eigenvalue weighted by molar-refractivity contribution is 5.78. The van der Waals surface area contributed by atoms with E-state index in [0.29, 0.717) is 5.76 Å². The second kappa shape index (κ2) is 8.07. The number of para-hydroxylation sites is 1. The van der Waals surface area contributed by atoms with Crippen molar-refractivity contribution in [1.29, 1.82) is 0 Å². The Bertz CT molecular complexity index is 876. The molecule has 5 nitrogen and oxygen atoms in total. The molecule has 2 atom stereocenters. The molecule has 0 saturated heterocycles. The largest absolute Gasteiger partial charge is 0.459 e. The maximum atomic E-state index is 12.3. The molecule has 142 valence electrons. The fourth-order valence-electron chi connectivity index (χ4n) is 2.74. The molecule has 3 aromatic rings. The van der Waals surface area contributed by atoms with Gasteiger partial charge in [-0.15, -0.1) is 0 Å². The molecular weight excluding hydrogens is 354 g/mol. The number of nitrogens with one attached hydrogen (secondary N) is 2. The van der Waals surface area contributed by atoms with E-state index < -0.39 is 6.61 Å². The Morgan fingerprint density at radius 1 is 1.00 bits per heavy atom. The van der Waals surface area contributed by atoms with Crippen molar-refractivity contribution < 1.29 is 22.7 Å². The molecule has 0 aliphatic carbocycles. The molecule has 3 rings (SSSR count). The molecule has 0 saturated carbocycles. The Kier molecular flexibility index (Phi) is 5.59. The number of fused-ring (bicyclic) bond motifs is 1. The second-order valence-corrected chi connectivity index (χ2v) is 6.20. The van der Waals surface area contributed by atoms with Gasteiger partial charge in [0.15, 0.2) is 0 Å². The first-order valence-corrected chi connectivity index (χ1v) is 8.52. The summed E-state index contributed by atoms with van der Waals surface area (Å²) in [6.07, 6.45) is 0. The molecule has 2 amide bonds. The fourth-order valence-corrected chi connectivity index (χ4v) is 2.74. The van der Waals surface area contributed by atoms with E-state index in [1.165, 1.54) is 12.1 Å². The van der Waals surface area contributed by atoms with Crippen LogP contribution < -0.4 is 15.4 Å². The molecule has 0 aliphatic rings. The number of amides is 2. The van der Waals surface area contributed by atoms with Crippen LogP contribution in [0.25, 0.3) is 11.0 Å². The van der Waals surface area contributed by atoms with E-state index in [0.717, 1.165) is 16.5 Å². The summed E-state index contributed by atoms with van der Waals surface area (Å²) in [6.45, 7) is 0.768. The Morgan fingerprint density at radius 3 is 2.33 bits per heavy atom. The van der Waals surface area contributed by atoms with Crippen molar-refractivity contribution >= 4 is 17.0 Å². The summed E-state index contributed by atoms with van der Waals surface area (Å²) in [4.78, 5) is 12.3. The standard InChI is InChI=1S/C20H20F2N2O3/c1-12(14-7-9-16(10-8-14)26-19(21)22)23-20(25)24-13(2)18-11-15-5-3-4-6-17(15)27-18/h3-13,19H,1-2H3,(H2,23,24,25). The lowest BCUT2D eigenvalue weighted by molar-refractivity contribution is -0.0498. The number of hydrogen-bond acceptors (Lipinski definition) is 3. The van der Waals surface area contributed by atoms with Gasteiger partial charge in [0.2, 0.25) is 0 Å². The van der Waals surface area contributed by atoms with Crippen LogP contribution in [0.15, 0.2) is 59.0 Å². The van der Waals surface area contributed by atoms with E-state index >= 15 is 0 Å². The Labute approximate surface area is 155 Å². The summed E-state index contributed by atoms with van der Waals surface area (Å²) in [5.41, 5.74) is 1.53. The van der Waals surface area contributed by atoms with Gasteiger partial charge in [0, 0.05) is 5.39 Å². The summed E-state index contributed by atoms with van der Waals surface area (Å²) < 4.78 is 34.4. The first-order chi connectivity index (χ1) is 12.9. The summed E-state index contributed by atoms with van der Waals surface area (Å²) in [6, 6.07) is 14.7. The number of alkyl halides is 2. The van der Waals surface area contributed by atoms with Gasteiger partial charge in [0.25, 0.3) is 0 Å². The summed E-state index contributed by atoms with van der Waals surface area (Å²) in [7, 11) is 0. The third-order valence-corrected chi connectivity index (χ3v) is 4.17. The van der Waals surface area contributed by atoms with E-state index in [9.17, 15) is 13.6 Å². The van der Waals surface area contributed by atoms with Crippen LogP contribution >= 0.6 is 0 Å². The van der Waals surface area contributed by atoms with Crippen LogP contribution in [-0.4, -0.2) is 12.6 Å². The number of halogens is 2. The predicted octanol–water partition coefficient (Wildman–Crippen LogP) is 5.16. The number of hydrogen-bond donors (Lipinski definition) is 2. The van der Waals surface area contributed by atoms with Gasteiger partial charge in [0.1, 0.15) is 17.1 Å². The lowest BCUT2D eigenvalue weighted by atomic mass is 10.1. The van der Waals surface area contributed by atoms with Gasteiger partial charge in [-0.1, -0.05) is 30.3 Å². The molecule has 7 heteroatoms. The summed E-state index contributed by atoms with van der Waals surface area (Å²) >= 11 is 0. The van der Waals surface area contributed by atoms with Crippen LogP contribution in [-0.2, 0) is 0 Å². The molecule has 0 fully saturated rings. The van der Waals surface area contributed by atoms with Crippen molar-refractivity contribution in [3.8, 4) is 5.75 Å². The number of rotatable bonds is 6. The van der Waals surface area contributed by atoms with Gasteiger partial charge in [-0.2, -0.15) is 8.78 Å². The van der Waals surface area contributed by atoms with Crippen molar-refractivity contribution in [2.45, 2.75) is 32.5 Å². The third kappa shape index (κ3) is 4.75. The molecule has 0 radical (unpaired) electrons. The van der Waals surface area contributed by atoms with Crippen molar-refractivity contribution in [2.24, 2.45) is 0 Å². The molecule has 0 spiro atoms. The topological polar surface area (TPSA) is 63.5 Å². The van der Waals surface area contributed by atoms with Crippen molar-refractivity contribution in [3.05, 3.63) is 65.9 Å².